The number of aryl methyl sites for hydroxylation is 1. The van der Waals surface area contributed by atoms with Crippen LogP contribution >= 0.6 is 7.60 Å². The lowest BCUT2D eigenvalue weighted by Crippen LogP contribution is -1.92. The zero-order valence-corrected chi connectivity index (χ0v) is 12.6. The van der Waals surface area contributed by atoms with E-state index in [1.54, 1.807) is 54.5 Å². The van der Waals surface area contributed by atoms with Crippen molar-refractivity contribution in [3.63, 3.8) is 0 Å². The Balaban J connectivity index is 1.85. The Morgan fingerprint density at radius 3 is 2.64 bits per heavy atom. The minimum Gasteiger partial charge on any atom is -0.456 e. The monoisotopic (exact) mass is 319 g/mol. The first-order valence-electron chi connectivity index (χ1n) is 6.50. The van der Waals surface area contributed by atoms with Crippen molar-refractivity contribution in [1.82, 2.24) is 14.8 Å². The van der Waals surface area contributed by atoms with E-state index in [0.29, 0.717) is 17.1 Å². The summed E-state index contributed by atoms with van der Waals surface area (Å²) in [4.78, 5) is 22.2. The predicted molar refractivity (Wildman–Crippen MR) is 80.8 cm³/mol. The number of aromatic nitrogens is 3. The number of fused-ring (bicyclic) bond motifs is 1. The minimum atomic E-state index is -4.06. The molecule has 22 heavy (non-hydrogen) atoms. The van der Waals surface area contributed by atoms with Crippen LogP contribution in [0.5, 0.6) is 11.5 Å². The first-order chi connectivity index (χ1) is 10.4. The van der Waals surface area contributed by atoms with Crippen molar-refractivity contribution in [3.05, 3.63) is 48.3 Å². The highest BCUT2D eigenvalue weighted by Crippen LogP contribution is 2.39. The first-order valence-corrected chi connectivity index (χ1v) is 8.30. The summed E-state index contributed by atoms with van der Waals surface area (Å²) >= 11 is 0. The second kappa shape index (κ2) is 5.53. The Morgan fingerprint density at radius 1 is 1.23 bits per heavy atom. The van der Waals surface area contributed by atoms with Gasteiger partial charge in [-0.25, -0.2) is 4.98 Å². The summed E-state index contributed by atoms with van der Waals surface area (Å²) < 4.78 is 18.4. The maximum atomic E-state index is 11.0. The SMILES string of the molecule is Cn1ncc2c(Oc3ccc(CP(=O)(O)O)cc3)ccnc21. The number of pyridine rings is 1. The number of hydrogen-bond acceptors (Lipinski definition) is 4. The molecule has 2 heterocycles. The Bertz CT molecular complexity index is 854. The molecule has 0 saturated carbocycles. The van der Waals surface area contributed by atoms with E-state index in [4.69, 9.17) is 14.5 Å². The van der Waals surface area contributed by atoms with Crippen LogP contribution in [0.1, 0.15) is 5.56 Å². The van der Waals surface area contributed by atoms with Crippen molar-refractivity contribution in [2.24, 2.45) is 7.05 Å². The Labute approximate surface area is 126 Å². The van der Waals surface area contributed by atoms with Gasteiger partial charge in [0.25, 0.3) is 0 Å². The topological polar surface area (TPSA) is 97.5 Å². The van der Waals surface area contributed by atoms with E-state index in [2.05, 4.69) is 10.1 Å². The molecule has 0 spiro atoms. The fourth-order valence-electron chi connectivity index (χ4n) is 2.14. The van der Waals surface area contributed by atoms with Crippen molar-refractivity contribution in [3.8, 4) is 11.5 Å². The van der Waals surface area contributed by atoms with Gasteiger partial charge in [-0.3, -0.25) is 9.25 Å². The van der Waals surface area contributed by atoms with Crippen molar-refractivity contribution < 1.29 is 19.1 Å². The third-order valence-electron chi connectivity index (χ3n) is 3.14. The van der Waals surface area contributed by atoms with Gasteiger partial charge >= 0.3 is 7.60 Å². The summed E-state index contributed by atoms with van der Waals surface area (Å²) in [6, 6.07) is 8.36. The van der Waals surface area contributed by atoms with Crippen molar-refractivity contribution in [1.29, 1.82) is 0 Å². The molecule has 0 atom stereocenters. The summed E-state index contributed by atoms with van der Waals surface area (Å²) in [5.41, 5.74) is 1.28. The van der Waals surface area contributed by atoms with Crippen LogP contribution in [-0.2, 0) is 17.8 Å². The molecule has 114 valence electrons. The summed E-state index contributed by atoms with van der Waals surface area (Å²) in [5, 5.41) is 4.94. The first kappa shape index (κ1) is 14.7. The molecule has 0 aliphatic heterocycles. The smallest absolute Gasteiger partial charge is 0.329 e. The van der Waals surface area contributed by atoms with Crippen LogP contribution in [0.2, 0.25) is 0 Å². The largest absolute Gasteiger partial charge is 0.456 e. The molecule has 0 aliphatic carbocycles. The predicted octanol–water partition coefficient (Wildman–Crippen LogP) is 2.44. The van der Waals surface area contributed by atoms with E-state index in [1.165, 1.54) is 0 Å². The van der Waals surface area contributed by atoms with Crippen molar-refractivity contribution in [2.75, 3.05) is 0 Å². The summed E-state index contributed by atoms with van der Waals surface area (Å²) in [7, 11) is -2.26. The Kier molecular flexibility index (Phi) is 3.70. The van der Waals surface area contributed by atoms with Crippen molar-refractivity contribution >= 4 is 18.6 Å². The van der Waals surface area contributed by atoms with Crippen LogP contribution in [0.3, 0.4) is 0 Å². The molecule has 3 rings (SSSR count). The highest BCUT2D eigenvalue weighted by molar-refractivity contribution is 7.50. The van der Waals surface area contributed by atoms with Crippen LogP contribution in [0.25, 0.3) is 11.0 Å². The van der Waals surface area contributed by atoms with E-state index in [9.17, 15) is 4.57 Å². The molecule has 0 saturated heterocycles. The number of nitrogens with zero attached hydrogens (tertiary/aromatic N) is 3. The van der Waals surface area contributed by atoms with Gasteiger partial charge < -0.3 is 14.5 Å². The summed E-state index contributed by atoms with van der Waals surface area (Å²) in [5.74, 6) is 1.20. The van der Waals surface area contributed by atoms with Crippen LogP contribution < -0.4 is 4.74 Å². The fourth-order valence-corrected chi connectivity index (χ4v) is 2.83. The maximum absolute atomic E-state index is 11.0. The average Bonchev–Trinajstić information content (AvgIpc) is 2.83. The third-order valence-corrected chi connectivity index (χ3v) is 3.91. The van der Waals surface area contributed by atoms with Crippen LogP contribution in [0.4, 0.5) is 0 Å². The van der Waals surface area contributed by atoms with Gasteiger partial charge in [0.2, 0.25) is 0 Å². The molecule has 0 amide bonds. The van der Waals surface area contributed by atoms with Crippen molar-refractivity contribution in [2.45, 2.75) is 6.16 Å². The zero-order chi connectivity index (χ0) is 15.7. The minimum absolute atomic E-state index is 0.282. The van der Waals surface area contributed by atoms with E-state index in [0.717, 1.165) is 11.0 Å². The lowest BCUT2D eigenvalue weighted by atomic mass is 10.2. The molecule has 0 bridgehead atoms. The molecule has 8 heteroatoms. The van der Waals surface area contributed by atoms with Gasteiger partial charge in [-0.2, -0.15) is 5.10 Å². The number of rotatable bonds is 4. The van der Waals surface area contributed by atoms with Gasteiger partial charge in [-0.05, 0) is 23.8 Å². The van der Waals surface area contributed by atoms with Gasteiger partial charge in [-0.1, -0.05) is 12.1 Å². The van der Waals surface area contributed by atoms with Gasteiger partial charge in [0.1, 0.15) is 11.5 Å². The van der Waals surface area contributed by atoms with Crippen LogP contribution in [0, 0.1) is 0 Å². The zero-order valence-electron chi connectivity index (χ0n) is 11.7. The Morgan fingerprint density at radius 2 is 1.95 bits per heavy atom. The second-order valence-corrected chi connectivity index (χ2v) is 6.53. The van der Waals surface area contributed by atoms with E-state index >= 15 is 0 Å². The lowest BCUT2D eigenvalue weighted by molar-refractivity contribution is 0.371. The van der Waals surface area contributed by atoms with Gasteiger partial charge in [0.05, 0.1) is 17.7 Å². The van der Waals surface area contributed by atoms with E-state index in [-0.39, 0.29) is 6.16 Å². The highest BCUT2D eigenvalue weighted by atomic mass is 31.2. The molecule has 3 aromatic rings. The number of ether oxygens (including phenoxy) is 1. The molecule has 7 nitrogen and oxygen atoms in total. The number of hydrogen-bond donors (Lipinski definition) is 2. The molecule has 0 fully saturated rings. The van der Waals surface area contributed by atoms with Crippen LogP contribution in [0.15, 0.2) is 42.7 Å². The Hall–Kier alpha value is -2.21. The molecule has 0 unspecified atom stereocenters. The lowest BCUT2D eigenvalue weighted by Gasteiger charge is -2.08. The third kappa shape index (κ3) is 3.17. The second-order valence-electron chi connectivity index (χ2n) is 4.88. The van der Waals surface area contributed by atoms with E-state index < -0.39 is 7.60 Å². The van der Waals surface area contributed by atoms with E-state index in [1.807, 2.05) is 0 Å². The molecule has 2 N–H and O–H groups in total. The van der Waals surface area contributed by atoms with Gasteiger partial charge in [-0.15, -0.1) is 0 Å². The summed E-state index contributed by atoms with van der Waals surface area (Å²) in [6.07, 6.45) is 3.04. The number of benzene rings is 1. The van der Waals surface area contributed by atoms with Crippen LogP contribution in [-0.4, -0.2) is 24.6 Å². The maximum Gasteiger partial charge on any atom is 0.329 e. The normalized spacial score (nSPS) is 11.8. The molecular formula is C14H14N3O4P. The molecule has 0 radical (unpaired) electrons. The standard InChI is InChI=1S/C14H14N3O4P/c1-17-14-12(8-16-17)13(6-7-15-14)21-11-4-2-10(3-5-11)9-22(18,19)20/h2-8H,9H2,1H3,(H2,18,19,20). The summed E-state index contributed by atoms with van der Waals surface area (Å²) in [6.45, 7) is 0. The molecular weight excluding hydrogens is 305 g/mol. The fraction of sp³-hybridized carbons (Fsp3) is 0.143. The molecule has 1 aromatic carbocycles. The van der Waals surface area contributed by atoms with Gasteiger partial charge in [0.15, 0.2) is 5.65 Å². The average molecular weight is 319 g/mol. The molecule has 0 aliphatic rings. The molecule has 2 aromatic heterocycles. The van der Waals surface area contributed by atoms with Gasteiger partial charge in [0, 0.05) is 13.2 Å². The highest BCUT2D eigenvalue weighted by Gasteiger charge is 2.14. The quantitative estimate of drug-likeness (QED) is 0.717.